The lowest BCUT2D eigenvalue weighted by Crippen LogP contribution is -2.38. The van der Waals surface area contributed by atoms with Crippen molar-refractivity contribution in [3.8, 4) is 0 Å². The van der Waals surface area contributed by atoms with Gasteiger partial charge >= 0.3 is 0 Å². The average molecular weight is 435 g/mol. The average Bonchev–Trinajstić information content (AvgIpc) is 3.43. The molecule has 6 heteroatoms. The number of hydrogen-bond donors (Lipinski definition) is 1. The van der Waals surface area contributed by atoms with Crippen LogP contribution in [0.15, 0.2) is 60.7 Å². The summed E-state index contributed by atoms with van der Waals surface area (Å²) in [6.07, 6.45) is 5.01. The Morgan fingerprint density at radius 1 is 1.03 bits per heavy atom. The van der Waals surface area contributed by atoms with Crippen LogP contribution in [0.25, 0.3) is 0 Å². The highest BCUT2D eigenvalue weighted by Crippen LogP contribution is 2.54. The summed E-state index contributed by atoms with van der Waals surface area (Å²) in [5, 5.41) is 3.49. The van der Waals surface area contributed by atoms with Gasteiger partial charge in [-0.2, -0.15) is 0 Å². The number of hydrogen-bond acceptors (Lipinski definition) is 3. The van der Waals surface area contributed by atoms with Gasteiger partial charge in [-0.25, -0.2) is 0 Å². The third-order valence-electron chi connectivity index (χ3n) is 6.87. The second-order valence-corrected chi connectivity index (χ2v) is 9.12. The summed E-state index contributed by atoms with van der Waals surface area (Å²) in [6.45, 7) is 1.92. The highest BCUT2D eigenvalue weighted by molar-refractivity contribution is 6.30. The van der Waals surface area contributed by atoms with Crippen molar-refractivity contribution in [2.45, 2.75) is 25.8 Å². The number of rotatable bonds is 5. The van der Waals surface area contributed by atoms with Gasteiger partial charge in [-0.3, -0.25) is 19.3 Å². The monoisotopic (exact) mass is 434 g/mol. The van der Waals surface area contributed by atoms with Crippen LogP contribution in [0.5, 0.6) is 0 Å². The Morgan fingerprint density at radius 3 is 2.26 bits per heavy atom. The number of benzene rings is 2. The first-order valence-corrected chi connectivity index (χ1v) is 11.0. The van der Waals surface area contributed by atoms with E-state index >= 15 is 0 Å². The minimum Gasteiger partial charge on any atom is -0.326 e. The Labute approximate surface area is 186 Å². The first-order chi connectivity index (χ1) is 14.9. The van der Waals surface area contributed by atoms with Gasteiger partial charge in [-0.1, -0.05) is 54.1 Å². The van der Waals surface area contributed by atoms with Crippen LogP contribution in [-0.4, -0.2) is 22.6 Å². The molecule has 158 valence electrons. The Balaban J connectivity index is 1.45. The number of fused-ring (bicyclic) bond motifs is 5. The zero-order chi connectivity index (χ0) is 21.7. The Bertz CT molecular complexity index is 1060. The van der Waals surface area contributed by atoms with Gasteiger partial charge in [0.05, 0.1) is 24.3 Å². The van der Waals surface area contributed by atoms with Crippen LogP contribution >= 0.6 is 11.6 Å². The quantitative estimate of drug-likeness (QED) is 0.555. The highest BCUT2D eigenvalue weighted by Gasteiger charge is 2.60. The van der Waals surface area contributed by atoms with E-state index in [1.165, 1.54) is 4.90 Å². The predicted molar refractivity (Wildman–Crippen MR) is 118 cm³/mol. The number of nitrogens with zero attached hydrogens (tertiary/aromatic N) is 1. The van der Waals surface area contributed by atoms with Crippen molar-refractivity contribution >= 4 is 35.0 Å². The molecule has 1 saturated heterocycles. The van der Waals surface area contributed by atoms with Gasteiger partial charge in [0.1, 0.15) is 0 Å². The van der Waals surface area contributed by atoms with Crippen molar-refractivity contribution in [1.82, 2.24) is 4.90 Å². The van der Waals surface area contributed by atoms with Gasteiger partial charge in [0.2, 0.25) is 17.7 Å². The molecule has 2 bridgehead atoms. The zero-order valence-corrected chi connectivity index (χ0v) is 17.9. The number of imide groups is 1. The van der Waals surface area contributed by atoms with E-state index in [4.69, 9.17) is 11.6 Å². The maximum atomic E-state index is 13.4. The summed E-state index contributed by atoms with van der Waals surface area (Å²) >= 11 is 6.05. The zero-order valence-electron chi connectivity index (χ0n) is 17.1. The van der Waals surface area contributed by atoms with Crippen molar-refractivity contribution in [3.05, 3.63) is 76.8 Å². The fourth-order valence-corrected chi connectivity index (χ4v) is 5.49. The van der Waals surface area contributed by atoms with Crippen LogP contribution in [0.1, 0.15) is 30.0 Å². The molecular formula is C25H23ClN2O3. The van der Waals surface area contributed by atoms with E-state index in [9.17, 15) is 14.4 Å². The maximum absolute atomic E-state index is 13.4. The minimum atomic E-state index is -0.661. The van der Waals surface area contributed by atoms with Gasteiger partial charge in [-0.05, 0) is 54.5 Å². The first kappa shape index (κ1) is 20.0. The lowest BCUT2D eigenvalue weighted by molar-refractivity contribution is -0.144. The third kappa shape index (κ3) is 3.37. The molecule has 5 nitrogen and oxygen atoms in total. The normalized spacial score (nSPS) is 27.0. The molecular weight excluding hydrogens is 412 g/mol. The van der Waals surface area contributed by atoms with E-state index in [1.807, 2.05) is 31.2 Å². The van der Waals surface area contributed by atoms with Crippen LogP contribution in [0.4, 0.5) is 5.69 Å². The highest BCUT2D eigenvalue weighted by atomic mass is 35.5. The van der Waals surface area contributed by atoms with E-state index in [2.05, 4.69) is 17.5 Å². The van der Waals surface area contributed by atoms with E-state index < -0.39 is 6.04 Å². The third-order valence-corrected chi connectivity index (χ3v) is 7.12. The molecule has 0 radical (unpaired) electrons. The molecule has 1 heterocycles. The Kier molecular flexibility index (Phi) is 4.94. The Morgan fingerprint density at radius 2 is 1.65 bits per heavy atom. The summed E-state index contributed by atoms with van der Waals surface area (Å²) in [5.74, 6) is -0.890. The SMILES string of the molecule is Cc1ccccc1NC(=O)CC(c1ccc(Cl)cc1)N1C(=O)C2C3C=CC(C3)C2C1=O. The van der Waals surface area contributed by atoms with Crippen molar-refractivity contribution in [2.24, 2.45) is 23.7 Å². The van der Waals surface area contributed by atoms with Gasteiger partial charge < -0.3 is 5.32 Å². The second kappa shape index (κ2) is 7.65. The van der Waals surface area contributed by atoms with Gasteiger partial charge in [0.25, 0.3) is 0 Å². The summed E-state index contributed by atoms with van der Waals surface area (Å²) in [5.41, 5.74) is 2.40. The summed E-state index contributed by atoms with van der Waals surface area (Å²) in [7, 11) is 0. The number of amides is 3. The second-order valence-electron chi connectivity index (χ2n) is 8.68. The number of allylic oxidation sites excluding steroid dienone is 2. The maximum Gasteiger partial charge on any atom is 0.234 e. The fraction of sp³-hybridized carbons (Fsp3) is 0.320. The number of anilines is 1. The number of para-hydroxylation sites is 1. The molecule has 5 atom stereocenters. The molecule has 1 saturated carbocycles. The van der Waals surface area contributed by atoms with Crippen LogP contribution < -0.4 is 5.32 Å². The van der Waals surface area contributed by atoms with Crippen LogP contribution in [0.3, 0.4) is 0 Å². The molecule has 3 amide bonds. The van der Waals surface area contributed by atoms with Gasteiger partial charge in [0, 0.05) is 10.7 Å². The summed E-state index contributed by atoms with van der Waals surface area (Å²) in [6, 6.07) is 13.9. The molecule has 1 N–H and O–H groups in total. The van der Waals surface area contributed by atoms with Crippen LogP contribution in [0, 0.1) is 30.6 Å². The van der Waals surface area contributed by atoms with Gasteiger partial charge in [0.15, 0.2) is 0 Å². The number of aryl methyl sites for hydroxylation is 1. The van der Waals surface area contributed by atoms with E-state index in [0.29, 0.717) is 5.02 Å². The molecule has 0 aromatic heterocycles. The number of carbonyl (C=O) groups is 3. The molecule has 2 aromatic carbocycles. The molecule has 3 aliphatic rings. The molecule has 5 unspecified atom stereocenters. The van der Waals surface area contributed by atoms with Crippen LogP contribution in [0.2, 0.25) is 5.02 Å². The topological polar surface area (TPSA) is 66.5 Å². The number of halogens is 1. The number of nitrogens with one attached hydrogen (secondary N) is 1. The van der Waals surface area contributed by atoms with Crippen molar-refractivity contribution in [3.63, 3.8) is 0 Å². The molecule has 0 spiro atoms. The predicted octanol–water partition coefficient (Wildman–Crippen LogP) is 4.53. The lowest BCUT2D eigenvalue weighted by atomic mass is 9.85. The molecule has 2 aromatic rings. The number of carbonyl (C=O) groups excluding carboxylic acids is 3. The van der Waals surface area contributed by atoms with E-state index in [-0.39, 0.29) is 47.8 Å². The number of likely N-dealkylation sites (tertiary alicyclic amines) is 1. The Hall–Kier alpha value is -2.92. The minimum absolute atomic E-state index is 0.00432. The fourth-order valence-electron chi connectivity index (χ4n) is 5.37. The molecule has 1 aliphatic heterocycles. The molecule has 2 aliphatic carbocycles. The summed E-state index contributed by atoms with van der Waals surface area (Å²) < 4.78 is 0. The smallest absolute Gasteiger partial charge is 0.234 e. The van der Waals surface area contributed by atoms with Crippen molar-refractivity contribution in [1.29, 1.82) is 0 Å². The van der Waals surface area contributed by atoms with Gasteiger partial charge in [-0.15, -0.1) is 0 Å². The van der Waals surface area contributed by atoms with E-state index in [1.54, 1.807) is 24.3 Å². The lowest BCUT2D eigenvalue weighted by Gasteiger charge is -2.28. The standard InChI is InChI=1S/C25H23ClN2O3/c1-14-4-2-3-5-19(14)27-21(29)13-20(15-8-10-18(26)11-9-15)28-24(30)22-16-6-7-17(12-16)23(22)25(28)31/h2-11,16-17,20,22-23H,12-13H2,1H3,(H,27,29). The van der Waals surface area contributed by atoms with Crippen LogP contribution in [-0.2, 0) is 14.4 Å². The molecule has 31 heavy (non-hydrogen) atoms. The van der Waals surface area contributed by atoms with E-state index in [0.717, 1.165) is 23.2 Å². The largest absolute Gasteiger partial charge is 0.326 e. The van der Waals surface area contributed by atoms with Crippen molar-refractivity contribution < 1.29 is 14.4 Å². The molecule has 5 rings (SSSR count). The first-order valence-electron chi connectivity index (χ1n) is 10.6. The van der Waals surface area contributed by atoms with Crippen molar-refractivity contribution in [2.75, 3.05) is 5.32 Å². The molecule has 2 fully saturated rings. The summed E-state index contributed by atoms with van der Waals surface area (Å²) in [4.78, 5) is 41.1.